The molecule has 0 aromatic carbocycles. The van der Waals surface area contributed by atoms with Crippen LogP contribution in [0.2, 0.25) is 0 Å². The number of halogens is 2. The van der Waals surface area contributed by atoms with Crippen LogP contribution >= 0.6 is 0 Å². The molecular formula is C14H24F2. The third-order valence-electron chi connectivity index (χ3n) is 4.50. The Labute approximate surface area is 97.8 Å². The molecule has 94 valence electrons. The molecule has 2 aliphatic carbocycles. The van der Waals surface area contributed by atoms with E-state index in [1.54, 1.807) is 0 Å². The summed E-state index contributed by atoms with van der Waals surface area (Å²) in [5.74, 6) is 0.0383. The van der Waals surface area contributed by atoms with Crippen molar-refractivity contribution in [2.45, 2.75) is 76.6 Å². The van der Waals surface area contributed by atoms with Crippen molar-refractivity contribution >= 4 is 0 Å². The first-order chi connectivity index (χ1) is 7.79. The highest BCUT2D eigenvalue weighted by atomic mass is 19.2. The van der Waals surface area contributed by atoms with Gasteiger partial charge in [0.1, 0.15) is 12.3 Å². The third-order valence-corrected chi connectivity index (χ3v) is 4.50. The van der Waals surface area contributed by atoms with E-state index in [0.29, 0.717) is 0 Å². The lowest BCUT2D eigenvalue weighted by Gasteiger charge is -2.32. The van der Waals surface area contributed by atoms with Gasteiger partial charge < -0.3 is 0 Å². The third kappa shape index (κ3) is 2.95. The molecule has 16 heavy (non-hydrogen) atoms. The predicted molar refractivity (Wildman–Crippen MR) is 62.9 cm³/mol. The molecule has 2 saturated carbocycles. The van der Waals surface area contributed by atoms with Crippen LogP contribution in [0.15, 0.2) is 0 Å². The van der Waals surface area contributed by atoms with E-state index < -0.39 is 12.3 Å². The molecule has 2 heteroatoms. The Bertz CT molecular complexity index is 171. The van der Waals surface area contributed by atoms with E-state index in [-0.39, 0.29) is 11.8 Å². The SMILES string of the molecule is FC(C1CCCCC1)C(F)C1CCCCC1. The molecule has 2 atom stereocenters. The highest BCUT2D eigenvalue weighted by molar-refractivity contribution is 4.85. The summed E-state index contributed by atoms with van der Waals surface area (Å²) >= 11 is 0. The van der Waals surface area contributed by atoms with E-state index >= 15 is 0 Å². The van der Waals surface area contributed by atoms with Crippen molar-refractivity contribution in [3.05, 3.63) is 0 Å². The van der Waals surface area contributed by atoms with Gasteiger partial charge in [0.15, 0.2) is 0 Å². The van der Waals surface area contributed by atoms with Crippen LogP contribution in [0, 0.1) is 11.8 Å². The highest BCUT2D eigenvalue weighted by Gasteiger charge is 2.35. The minimum Gasteiger partial charge on any atom is -0.244 e. The first kappa shape index (κ1) is 12.3. The van der Waals surface area contributed by atoms with E-state index in [1.165, 1.54) is 12.8 Å². The van der Waals surface area contributed by atoms with Crippen molar-refractivity contribution in [2.75, 3.05) is 0 Å². The van der Waals surface area contributed by atoms with Crippen LogP contribution in [0.5, 0.6) is 0 Å². The Balaban J connectivity index is 1.84. The summed E-state index contributed by atoms with van der Waals surface area (Å²) in [6.45, 7) is 0. The molecule has 0 nitrogen and oxygen atoms in total. The summed E-state index contributed by atoms with van der Waals surface area (Å²) in [4.78, 5) is 0. The lowest BCUT2D eigenvalue weighted by Crippen LogP contribution is -2.34. The molecule has 2 fully saturated rings. The lowest BCUT2D eigenvalue weighted by atomic mass is 9.78. The number of hydrogen-bond acceptors (Lipinski definition) is 0. The molecule has 0 saturated heterocycles. The minimum atomic E-state index is -1.18. The summed E-state index contributed by atoms with van der Waals surface area (Å²) in [6.07, 6.45) is 8.11. The van der Waals surface area contributed by atoms with Crippen molar-refractivity contribution in [3.63, 3.8) is 0 Å². The molecule has 2 unspecified atom stereocenters. The van der Waals surface area contributed by atoms with Crippen LogP contribution in [-0.4, -0.2) is 12.3 Å². The standard InChI is InChI=1S/C14H24F2/c15-13(11-7-3-1-4-8-11)14(16)12-9-5-2-6-10-12/h11-14H,1-10H2. The van der Waals surface area contributed by atoms with Gasteiger partial charge in [-0.25, -0.2) is 8.78 Å². The van der Waals surface area contributed by atoms with E-state index in [2.05, 4.69) is 0 Å². The Morgan fingerprint density at radius 1 is 0.562 bits per heavy atom. The highest BCUT2D eigenvalue weighted by Crippen LogP contribution is 2.36. The van der Waals surface area contributed by atoms with Crippen LogP contribution in [-0.2, 0) is 0 Å². The fourth-order valence-electron chi connectivity index (χ4n) is 3.43. The first-order valence-corrected chi connectivity index (χ1v) is 7.07. The molecule has 0 bridgehead atoms. The molecule has 0 spiro atoms. The van der Waals surface area contributed by atoms with Gasteiger partial charge in [-0.15, -0.1) is 0 Å². The molecule has 2 rings (SSSR count). The summed E-state index contributed by atoms with van der Waals surface area (Å²) < 4.78 is 28.2. The zero-order valence-electron chi connectivity index (χ0n) is 10.1. The van der Waals surface area contributed by atoms with Gasteiger partial charge in [0.25, 0.3) is 0 Å². The van der Waals surface area contributed by atoms with Crippen LogP contribution in [0.4, 0.5) is 8.78 Å². The second-order valence-electron chi connectivity index (χ2n) is 5.69. The second kappa shape index (κ2) is 5.97. The van der Waals surface area contributed by atoms with Gasteiger partial charge in [0, 0.05) is 0 Å². The molecule has 0 heterocycles. The van der Waals surface area contributed by atoms with E-state index in [1.807, 2.05) is 0 Å². The maximum atomic E-state index is 14.1. The van der Waals surface area contributed by atoms with Gasteiger partial charge in [0.05, 0.1) is 0 Å². The van der Waals surface area contributed by atoms with Gasteiger partial charge in [-0.05, 0) is 37.5 Å². The van der Waals surface area contributed by atoms with Crippen molar-refractivity contribution < 1.29 is 8.78 Å². The fourth-order valence-corrected chi connectivity index (χ4v) is 3.43. The zero-order valence-corrected chi connectivity index (χ0v) is 10.1. The molecular weight excluding hydrogens is 206 g/mol. The molecule has 0 amide bonds. The topological polar surface area (TPSA) is 0 Å². The molecule has 0 aromatic rings. The Morgan fingerprint density at radius 2 is 0.875 bits per heavy atom. The number of alkyl halides is 2. The van der Waals surface area contributed by atoms with Crippen molar-refractivity contribution in [1.29, 1.82) is 0 Å². The van der Waals surface area contributed by atoms with Gasteiger partial charge in [-0.2, -0.15) is 0 Å². The number of hydrogen-bond donors (Lipinski definition) is 0. The average molecular weight is 230 g/mol. The molecule has 2 aliphatic rings. The van der Waals surface area contributed by atoms with Gasteiger partial charge in [-0.3, -0.25) is 0 Å². The fraction of sp³-hybridized carbons (Fsp3) is 1.00. The molecule has 0 aromatic heterocycles. The summed E-state index contributed by atoms with van der Waals surface area (Å²) in [7, 11) is 0. The first-order valence-electron chi connectivity index (χ1n) is 7.07. The summed E-state index contributed by atoms with van der Waals surface area (Å²) in [5.41, 5.74) is 0. The largest absolute Gasteiger partial charge is 0.244 e. The smallest absolute Gasteiger partial charge is 0.134 e. The molecule has 0 N–H and O–H groups in total. The Kier molecular flexibility index (Phi) is 4.60. The van der Waals surface area contributed by atoms with Crippen molar-refractivity contribution in [2.24, 2.45) is 11.8 Å². The zero-order chi connectivity index (χ0) is 11.4. The van der Waals surface area contributed by atoms with E-state index in [9.17, 15) is 8.78 Å². The van der Waals surface area contributed by atoms with Crippen LogP contribution < -0.4 is 0 Å². The molecule has 0 radical (unpaired) electrons. The quantitative estimate of drug-likeness (QED) is 0.652. The van der Waals surface area contributed by atoms with Crippen molar-refractivity contribution in [1.82, 2.24) is 0 Å². The Hall–Kier alpha value is -0.140. The summed E-state index contributed by atoms with van der Waals surface area (Å²) in [5, 5.41) is 0. The van der Waals surface area contributed by atoms with Crippen LogP contribution in [0.25, 0.3) is 0 Å². The second-order valence-corrected chi connectivity index (χ2v) is 5.69. The van der Waals surface area contributed by atoms with Gasteiger partial charge in [0.2, 0.25) is 0 Å². The Morgan fingerprint density at radius 3 is 1.19 bits per heavy atom. The maximum absolute atomic E-state index is 14.1. The van der Waals surface area contributed by atoms with Gasteiger partial charge in [-0.1, -0.05) is 38.5 Å². The van der Waals surface area contributed by atoms with Crippen LogP contribution in [0.1, 0.15) is 64.2 Å². The summed E-state index contributed by atoms with van der Waals surface area (Å²) in [6, 6.07) is 0. The average Bonchev–Trinajstić information content (AvgIpc) is 2.39. The van der Waals surface area contributed by atoms with E-state index in [4.69, 9.17) is 0 Å². The van der Waals surface area contributed by atoms with Crippen molar-refractivity contribution in [3.8, 4) is 0 Å². The monoisotopic (exact) mass is 230 g/mol. The normalized spacial score (nSPS) is 28.9. The molecule has 0 aliphatic heterocycles. The van der Waals surface area contributed by atoms with Crippen LogP contribution in [0.3, 0.4) is 0 Å². The minimum absolute atomic E-state index is 0.0191. The number of rotatable bonds is 3. The maximum Gasteiger partial charge on any atom is 0.134 e. The lowest BCUT2D eigenvalue weighted by molar-refractivity contribution is 0.0394. The van der Waals surface area contributed by atoms with E-state index in [0.717, 1.165) is 51.4 Å². The predicted octanol–water partition coefficient (Wildman–Crippen LogP) is 4.82. The van der Waals surface area contributed by atoms with Gasteiger partial charge >= 0.3 is 0 Å².